The first-order chi connectivity index (χ1) is 10.6. The first-order valence-electron chi connectivity index (χ1n) is 6.42. The predicted octanol–water partition coefficient (Wildman–Crippen LogP) is 3.47. The quantitative estimate of drug-likeness (QED) is 0.826. The molecule has 7 heteroatoms. The smallest absolute Gasteiger partial charge is 0.255 e. The van der Waals surface area contributed by atoms with Crippen molar-refractivity contribution in [3.05, 3.63) is 38.5 Å². The van der Waals surface area contributed by atoms with Gasteiger partial charge in [0.25, 0.3) is 5.91 Å². The van der Waals surface area contributed by atoms with Gasteiger partial charge >= 0.3 is 0 Å². The number of hydrogen-bond donors (Lipinski definition) is 1. The molecule has 1 aromatic heterocycles. The van der Waals surface area contributed by atoms with Gasteiger partial charge in [-0.25, -0.2) is 0 Å². The highest BCUT2D eigenvalue weighted by Gasteiger charge is 2.20. The minimum atomic E-state index is -0.234. The molecule has 2 rings (SSSR count). The molecule has 0 saturated heterocycles. The van der Waals surface area contributed by atoms with E-state index in [2.05, 4.69) is 21.2 Å². The summed E-state index contributed by atoms with van der Waals surface area (Å²) in [6, 6.07) is 7.24. The molecule has 0 aliphatic heterocycles. The predicted molar refractivity (Wildman–Crippen MR) is 89.3 cm³/mol. The summed E-state index contributed by atoms with van der Waals surface area (Å²) in [5.74, 6) is 1.03. The summed E-state index contributed by atoms with van der Waals surface area (Å²) in [5, 5.41) is 2.87. The second-order valence-corrected chi connectivity index (χ2v) is 6.82. The molecule has 0 atom stereocenters. The van der Waals surface area contributed by atoms with Gasteiger partial charge < -0.3 is 19.5 Å². The van der Waals surface area contributed by atoms with Crippen LogP contribution >= 0.6 is 27.3 Å². The number of thiophene rings is 1. The zero-order valence-corrected chi connectivity index (χ0v) is 14.8. The average Bonchev–Trinajstić information content (AvgIpc) is 2.96. The van der Waals surface area contributed by atoms with Gasteiger partial charge in [-0.15, -0.1) is 11.3 Å². The van der Waals surface area contributed by atoms with Crippen LogP contribution in [-0.4, -0.2) is 27.2 Å². The molecule has 0 aliphatic carbocycles. The summed E-state index contributed by atoms with van der Waals surface area (Å²) in [7, 11) is 4.53. The van der Waals surface area contributed by atoms with Gasteiger partial charge in [0, 0.05) is 4.88 Å². The van der Waals surface area contributed by atoms with Crippen molar-refractivity contribution in [2.45, 2.75) is 6.54 Å². The van der Waals surface area contributed by atoms with Crippen LogP contribution in [0.4, 0.5) is 0 Å². The molecule has 1 N–H and O–H groups in total. The summed E-state index contributed by atoms with van der Waals surface area (Å²) >= 11 is 4.97. The lowest BCUT2D eigenvalue weighted by Gasteiger charge is -2.15. The Morgan fingerprint density at radius 2 is 1.82 bits per heavy atom. The molecule has 2 aromatic rings. The van der Waals surface area contributed by atoms with E-state index in [0.29, 0.717) is 29.4 Å². The Labute approximate surface area is 141 Å². The minimum Gasteiger partial charge on any atom is -0.493 e. The summed E-state index contributed by atoms with van der Waals surface area (Å²) in [5.41, 5.74) is 0.399. The summed E-state index contributed by atoms with van der Waals surface area (Å²) in [4.78, 5) is 13.4. The van der Waals surface area contributed by atoms with Crippen LogP contribution in [0.1, 0.15) is 15.2 Å². The van der Waals surface area contributed by atoms with E-state index in [-0.39, 0.29) is 5.91 Å². The highest BCUT2D eigenvalue weighted by atomic mass is 79.9. The summed E-state index contributed by atoms with van der Waals surface area (Å²) in [6.45, 7) is 0.451. The molecule has 1 aromatic carbocycles. The van der Waals surface area contributed by atoms with Crippen LogP contribution in [0.3, 0.4) is 0 Å². The van der Waals surface area contributed by atoms with Gasteiger partial charge in [0.15, 0.2) is 11.5 Å². The highest BCUT2D eigenvalue weighted by Crippen LogP contribution is 2.39. The van der Waals surface area contributed by atoms with Crippen LogP contribution in [0.5, 0.6) is 17.2 Å². The maximum Gasteiger partial charge on any atom is 0.255 e. The third-order valence-electron chi connectivity index (χ3n) is 3.00. The summed E-state index contributed by atoms with van der Waals surface area (Å²) < 4.78 is 16.8. The molecule has 0 unspecified atom stereocenters. The van der Waals surface area contributed by atoms with E-state index in [1.54, 1.807) is 23.5 Å². The molecular weight excluding hydrogens is 370 g/mol. The van der Waals surface area contributed by atoms with Gasteiger partial charge in [0.05, 0.1) is 37.2 Å². The van der Waals surface area contributed by atoms with Gasteiger partial charge in [0.1, 0.15) is 0 Å². The second kappa shape index (κ2) is 7.51. The van der Waals surface area contributed by atoms with Crippen LogP contribution in [0, 0.1) is 0 Å². The first-order valence-corrected chi connectivity index (χ1v) is 8.03. The molecule has 0 spiro atoms. The lowest BCUT2D eigenvalue weighted by molar-refractivity contribution is 0.0947. The zero-order valence-electron chi connectivity index (χ0n) is 12.4. The standard InChI is InChI=1S/C15H16BrNO4S/c1-19-11-6-5-10(13(20-2)14(11)21-3)15(18)17-8-9-4-7-12(16)22-9/h4-7H,8H2,1-3H3,(H,17,18). The topological polar surface area (TPSA) is 56.8 Å². The van der Waals surface area contributed by atoms with Gasteiger partial charge in [-0.1, -0.05) is 0 Å². The molecule has 0 bridgehead atoms. The van der Waals surface area contributed by atoms with E-state index in [4.69, 9.17) is 14.2 Å². The first kappa shape index (κ1) is 16.6. The third kappa shape index (κ3) is 3.53. The van der Waals surface area contributed by atoms with Gasteiger partial charge in [-0.2, -0.15) is 0 Å². The van der Waals surface area contributed by atoms with Crippen molar-refractivity contribution in [3.63, 3.8) is 0 Å². The fraction of sp³-hybridized carbons (Fsp3) is 0.267. The van der Waals surface area contributed by atoms with Crippen molar-refractivity contribution in [1.82, 2.24) is 5.32 Å². The van der Waals surface area contributed by atoms with Crippen LogP contribution in [0.25, 0.3) is 0 Å². The maximum absolute atomic E-state index is 12.4. The molecule has 0 fully saturated rings. The Kier molecular flexibility index (Phi) is 5.68. The number of carbonyl (C=O) groups is 1. The van der Waals surface area contributed by atoms with E-state index in [1.807, 2.05) is 12.1 Å². The van der Waals surface area contributed by atoms with Gasteiger partial charge in [-0.05, 0) is 40.2 Å². The third-order valence-corrected chi connectivity index (χ3v) is 4.62. The number of halogens is 1. The molecule has 118 valence electrons. The number of benzene rings is 1. The van der Waals surface area contributed by atoms with Gasteiger partial charge in [0.2, 0.25) is 5.75 Å². The maximum atomic E-state index is 12.4. The summed E-state index contributed by atoms with van der Waals surface area (Å²) in [6.07, 6.45) is 0. The fourth-order valence-corrected chi connectivity index (χ4v) is 3.41. The lowest BCUT2D eigenvalue weighted by atomic mass is 10.1. The highest BCUT2D eigenvalue weighted by molar-refractivity contribution is 9.11. The molecule has 0 radical (unpaired) electrons. The van der Waals surface area contributed by atoms with Gasteiger partial charge in [-0.3, -0.25) is 4.79 Å². The molecule has 1 heterocycles. The van der Waals surface area contributed by atoms with Crippen LogP contribution in [0.2, 0.25) is 0 Å². The second-order valence-electron chi connectivity index (χ2n) is 4.27. The Balaban J connectivity index is 2.21. The number of methoxy groups -OCH3 is 3. The Morgan fingerprint density at radius 3 is 2.36 bits per heavy atom. The average molecular weight is 386 g/mol. The van der Waals surface area contributed by atoms with E-state index in [9.17, 15) is 4.79 Å². The Hall–Kier alpha value is -1.73. The zero-order chi connectivity index (χ0) is 16.1. The number of nitrogens with one attached hydrogen (secondary N) is 1. The molecule has 22 heavy (non-hydrogen) atoms. The molecule has 1 amide bonds. The van der Waals surface area contributed by atoms with Crippen molar-refractivity contribution in [2.24, 2.45) is 0 Å². The van der Waals surface area contributed by atoms with Crippen LogP contribution in [0.15, 0.2) is 28.1 Å². The van der Waals surface area contributed by atoms with Crippen molar-refractivity contribution in [3.8, 4) is 17.2 Å². The number of ether oxygens (including phenoxy) is 3. The van der Waals surface area contributed by atoms with Crippen molar-refractivity contribution in [1.29, 1.82) is 0 Å². The Morgan fingerprint density at radius 1 is 1.09 bits per heavy atom. The van der Waals surface area contributed by atoms with Crippen molar-refractivity contribution < 1.29 is 19.0 Å². The number of hydrogen-bond acceptors (Lipinski definition) is 5. The normalized spacial score (nSPS) is 10.2. The molecular formula is C15H16BrNO4S. The van der Waals surface area contributed by atoms with Crippen molar-refractivity contribution in [2.75, 3.05) is 21.3 Å². The molecule has 0 aliphatic rings. The molecule has 5 nitrogen and oxygen atoms in total. The number of amides is 1. The molecule has 0 saturated carbocycles. The Bertz CT molecular complexity index is 672. The van der Waals surface area contributed by atoms with Crippen LogP contribution in [-0.2, 0) is 6.54 Å². The van der Waals surface area contributed by atoms with Crippen LogP contribution < -0.4 is 19.5 Å². The largest absolute Gasteiger partial charge is 0.493 e. The number of carbonyl (C=O) groups excluding carboxylic acids is 1. The van der Waals surface area contributed by atoms with Crippen molar-refractivity contribution >= 4 is 33.2 Å². The van der Waals surface area contributed by atoms with E-state index >= 15 is 0 Å². The van der Waals surface area contributed by atoms with E-state index in [0.717, 1.165) is 8.66 Å². The fourth-order valence-electron chi connectivity index (χ4n) is 1.99. The lowest BCUT2D eigenvalue weighted by Crippen LogP contribution is -2.23. The number of rotatable bonds is 6. The monoisotopic (exact) mass is 385 g/mol. The SMILES string of the molecule is COc1ccc(C(=O)NCc2ccc(Br)s2)c(OC)c1OC. The van der Waals surface area contributed by atoms with E-state index in [1.165, 1.54) is 21.3 Å². The minimum absolute atomic E-state index is 0.234. The van der Waals surface area contributed by atoms with E-state index < -0.39 is 0 Å².